The molecule has 22 heavy (non-hydrogen) atoms. The molecule has 6 rings (SSSR count). The minimum Gasteiger partial charge on any atom is -0.507 e. The molecule has 0 heterocycles. The highest BCUT2D eigenvalue weighted by atomic mass is 16.3. The molecule has 2 nitrogen and oxygen atoms in total. The number of rotatable bonds is 0. The molecule has 0 saturated carbocycles. The molecular formula is C20H10O2. The lowest BCUT2D eigenvalue weighted by Gasteiger charge is -2.08. The monoisotopic (exact) mass is 282 g/mol. The minimum atomic E-state index is 0.144. The third-order valence-electron chi connectivity index (χ3n) is 5.08. The Morgan fingerprint density at radius 1 is 0.409 bits per heavy atom. The van der Waals surface area contributed by atoms with Gasteiger partial charge < -0.3 is 10.2 Å². The largest absolute Gasteiger partial charge is 0.507 e. The van der Waals surface area contributed by atoms with Gasteiger partial charge >= 0.3 is 0 Å². The fourth-order valence-electron chi connectivity index (χ4n) is 4.25. The molecule has 102 valence electrons. The van der Waals surface area contributed by atoms with Crippen molar-refractivity contribution in [3.05, 3.63) is 48.5 Å². The number of benzene rings is 5. The lowest BCUT2D eigenvalue weighted by atomic mass is 9.98. The molecule has 0 amide bonds. The van der Waals surface area contributed by atoms with Crippen LogP contribution in [0.25, 0.3) is 53.9 Å². The zero-order chi connectivity index (χ0) is 14.6. The van der Waals surface area contributed by atoms with Gasteiger partial charge in [0.25, 0.3) is 0 Å². The van der Waals surface area contributed by atoms with Crippen LogP contribution in [-0.2, 0) is 0 Å². The first kappa shape index (κ1) is 10.7. The average Bonchev–Trinajstić information content (AvgIpc) is 2.87. The van der Waals surface area contributed by atoms with Crippen molar-refractivity contribution in [1.29, 1.82) is 0 Å². The van der Waals surface area contributed by atoms with E-state index < -0.39 is 0 Å². The molecule has 2 heteroatoms. The quantitative estimate of drug-likeness (QED) is 0.377. The molecule has 0 aliphatic carbocycles. The molecule has 0 radical (unpaired) electrons. The Hall–Kier alpha value is -3.00. The van der Waals surface area contributed by atoms with Gasteiger partial charge in [0.05, 0.1) is 5.39 Å². The van der Waals surface area contributed by atoms with Crippen molar-refractivity contribution in [3.63, 3.8) is 0 Å². The maximum absolute atomic E-state index is 10.4. The number of phenols is 2. The van der Waals surface area contributed by atoms with Gasteiger partial charge in [-0.25, -0.2) is 0 Å². The Kier molecular flexibility index (Phi) is 1.50. The summed E-state index contributed by atoms with van der Waals surface area (Å²) in [5.41, 5.74) is 0. The standard InChI is InChI=1S/C20H10O2/c21-13-7-11-5-3-9-1-2-10-4-6-12-8-14(22)19(13)20-17(11)15(9)16(10)18(12)20/h1-8,21-22H. The van der Waals surface area contributed by atoms with Crippen LogP contribution in [0.2, 0.25) is 0 Å². The second-order valence-corrected chi connectivity index (χ2v) is 6.13. The maximum Gasteiger partial charge on any atom is 0.127 e. The Morgan fingerprint density at radius 2 is 0.773 bits per heavy atom. The van der Waals surface area contributed by atoms with Crippen molar-refractivity contribution in [3.8, 4) is 11.5 Å². The van der Waals surface area contributed by atoms with Crippen LogP contribution < -0.4 is 0 Å². The van der Waals surface area contributed by atoms with Gasteiger partial charge in [0.2, 0.25) is 0 Å². The molecule has 0 aliphatic rings. The molecule has 0 spiro atoms. The molecule has 0 aliphatic heterocycles. The van der Waals surface area contributed by atoms with Crippen molar-refractivity contribution in [2.24, 2.45) is 0 Å². The molecule has 2 N–H and O–H groups in total. The zero-order valence-electron chi connectivity index (χ0n) is 11.5. The first-order valence-electron chi connectivity index (χ1n) is 7.33. The van der Waals surface area contributed by atoms with E-state index in [1.54, 1.807) is 12.1 Å². The summed E-state index contributed by atoms with van der Waals surface area (Å²) in [6.07, 6.45) is 0. The van der Waals surface area contributed by atoms with Gasteiger partial charge in [-0.15, -0.1) is 0 Å². The van der Waals surface area contributed by atoms with E-state index in [4.69, 9.17) is 0 Å². The van der Waals surface area contributed by atoms with E-state index in [2.05, 4.69) is 24.3 Å². The molecule has 0 aromatic heterocycles. The molecule has 6 aromatic rings. The normalized spacial score (nSPS) is 12.9. The second kappa shape index (κ2) is 3.09. The van der Waals surface area contributed by atoms with Crippen molar-refractivity contribution in [1.82, 2.24) is 0 Å². The molecule has 6 aromatic carbocycles. The van der Waals surface area contributed by atoms with Crippen molar-refractivity contribution >= 4 is 53.9 Å². The van der Waals surface area contributed by atoms with Crippen molar-refractivity contribution < 1.29 is 10.2 Å². The molecule has 0 unspecified atom stereocenters. The first-order chi connectivity index (χ1) is 10.7. The van der Waals surface area contributed by atoms with Crippen LogP contribution in [0.4, 0.5) is 0 Å². The third-order valence-corrected chi connectivity index (χ3v) is 5.08. The summed E-state index contributed by atoms with van der Waals surface area (Å²) in [5, 5.41) is 31.6. The fraction of sp³-hybridized carbons (Fsp3) is 0. The Balaban J connectivity index is 2.24. The van der Waals surface area contributed by atoms with E-state index in [1.165, 1.54) is 21.5 Å². The molecule has 0 atom stereocenters. The maximum atomic E-state index is 10.4. The van der Waals surface area contributed by atoms with Gasteiger partial charge in [0, 0.05) is 5.39 Å². The predicted molar refractivity (Wildman–Crippen MR) is 90.9 cm³/mol. The Labute approximate surface area is 124 Å². The fourth-order valence-corrected chi connectivity index (χ4v) is 4.25. The lowest BCUT2D eigenvalue weighted by molar-refractivity contribution is 0.465. The van der Waals surface area contributed by atoms with E-state index in [0.717, 1.165) is 26.9 Å². The highest BCUT2D eigenvalue weighted by molar-refractivity contribution is 6.45. The van der Waals surface area contributed by atoms with Crippen LogP contribution >= 0.6 is 0 Å². The van der Waals surface area contributed by atoms with Crippen LogP contribution in [0.15, 0.2) is 48.5 Å². The van der Waals surface area contributed by atoms with E-state index in [1.807, 2.05) is 12.1 Å². The molecule has 0 fully saturated rings. The van der Waals surface area contributed by atoms with Gasteiger partial charge in [-0.05, 0) is 55.2 Å². The highest BCUT2D eigenvalue weighted by Crippen LogP contribution is 2.52. The van der Waals surface area contributed by atoms with Gasteiger partial charge in [-0.1, -0.05) is 36.4 Å². The topological polar surface area (TPSA) is 40.5 Å². The number of aromatic hydroxyl groups is 2. The van der Waals surface area contributed by atoms with E-state index in [9.17, 15) is 10.2 Å². The molecular weight excluding hydrogens is 272 g/mol. The van der Waals surface area contributed by atoms with Crippen molar-refractivity contribution in [2.45, 2.75) is 0 Å². The lowest BCUT2D eigenvalue weighted by Crippen LogP contribution is -1.80. The van der Waals surface area contributed by atoms with Crippen molar-refractivity contribution in [2.75, 3.05) is 0 Å². The smallest absolute Gasteiger partial charge is 0.127 e. The predicted octanol–water partition coefficient (Wildman–Crippen LogP) is 5.18. The van der Waals surface area contributed by atoms with E-state index >= 15 is 0 Å². The van der Waals surface area contributed by atoms with Crippen LogP contribution in [0, 0.1) is 0 Å². The summed E-state index contributed by atoms with van der Waals surface area (Å²) in [6, 6.07) is 16.1. The van der Waals surface area contributed by atoms with Gasteiger partial charge in [-0.3, -0.25) is 0 Å². The summed E-state index contributed by atoms with van der Waals surface area (Å²) in [5.74, 6) is 0.289. The number of hydrogen-bond acceptors (Lipinski definition) is 2. The van der Waals surface area contributed by atoms with E-state index in [0.29, 0.717) is 5.39 Å². The third kappa shape index (κ3) is 0.941. The second-order valence-electron chi connectivity index (χ2n) is 6.13. The zero-order valence-corrected chi connectivity index (χ0v) is 11.5. The Morgan fingerprint density at radius 3 is 1.23 bits per heavy atom. The summed E-state index contributed by atoms with van der Waals surface area (Å²) in [6.45, 7) is 0. The Bertz CT molecular complexity index is 1230. The van der Waals surface area contributed by atoms with Crippen LogP contribution in [-0.4, -0.2) is 10.2 Å². The summed E-state index contributed by atoms with van der Waals surface area (Å²) < 4.78 is 0. The summed E-state index contributed by atoms with van der Waals surface area (Å²) in [4.78, 5) is 0. The SMILES string of the molecule is Oc1cc2ccc3ccc4ccc5cc(O)c1c1c2c3c4c51. The van der Waals surface area contributed by atoms with Crippen LogP contribution in [0.5, 0.6) is 11.5 Å². The first-order valence-corrected chi connectivity index (χ1v) is 7.33. The van der Waals surface area contributed by atoms with Gasteiger partial charge in [0.15, 0.2) is 0 Å². The van der Waals surface area contributed by atoms with Gasteiger partial charge in [0.1, 0.15) is 11.5 Å². The molecule has 0 saturated heterocycles. The summed E-state index contributed by atoms with van der Waals surface area (Å²) >= 11 is 0. The minimum absolute atomic E-state index is 0.144. The molecule has 0 bridgehead atoms. The number of hydrogen-bond donors (Lipinski definition) is 2. The van der Waals surface area contributed by atoms with Crippen LogP contribution in [0.1, 0.15) is 0 Å². The highest BCUT2D eigenvalue weighted by Gasteiger charge is 2.23. The van der Waals surface area contributed by atoms with Gasteiger partial charge in [-0.2, -0.15) is 0 Å². The average molecular weight is 282 g/mol. The van der Waals surface area contributed by atoms with Crippen LogP contribution in [0.3, 0.4) is 0 Å². The number of phenolic OH excluding ortho intramolecular Hbond substituents is 2. The summed E-state index contributed by atoms with van der Waals surface area (Å²) in [7, 11) is 0. The van der Waals surface area contributed by atoms with E-state index in [-0.39, 0.29) is 11.5 Å².